The maximum absolute atomic E-state index is 12.9. The number of para-hydroxylation sites is 1. The van der Waals surface area contributed by atoms with Crippen LogP contribution in [0.1, 0.15) is 38.7 Å². The number of amides is 1. The van der Waals surface area contributed by atoms with Gasteiger partial charge in [0.1, 0.15) is 5.75 Å². The third-order valence-corrected chi connectivity index (χ3v) is 4.80. The van der Waals surface area contributed by atoms with Crippen molar-refractivity contribution in [2.45, 2.75) is 38.7 Å². The topological polar surface area (TPSA) is 51.1 Å². The first-order chi connectivity index (χ1) is 11.0. The smallest absolute Gasteiger partial charge is 0.269 e. The molecule has 5 nitrogen and oxygen atoms in total. The summed E-state index contributed by atoms with van der Waals surface area (Å²) >= 11 is 0. The van der Waals surface area contributed by atoms with E-state index in [4.69, 9.17) is 9.57 Å². The van der Waals surface area contributed by atoms with Gasteiger partial charge in [-0.3, -0.25) is 4.79 Å². The zero-order chi connectivity index (χ0) is 16.4. The third kappa shape index (κ3) is 3.05. The van der Waals surface area contributed by atoms with Crippen molar-refractivity contribution >= 4 is 11.6 Å². The molecule has 0 aliphatic carbocycles. The summed E-state index contributed by atoms with van der Waals surface area (Å²) in [5, 5.41) is 4.19. The highest BCUT2D eigenvalue weighted by molar-refractivity contribution is 6.07. The maximum atomic E-state index is 12.9. The van der Waals surface area contributed by atoms with E-state index in [2.05, 4.69) is 12.1 Å². The molecule has 0 aromatic heterocycles. The monoisotopic (exact) mass is 316 g/mol. The molecular weight excluding hydrogens is 292 g/mol. The number of ether oxygens (including phenoxy) is 1. The highest BCUT2D eigenvalue weighted by Crippen LogP contribution is 2.32. The Kier molecular flexibility index (Phi) is 4.28. The SMILES string of the molecule is COc1ccccc1C1=NOC(C)(C(=O)N2CCC(C)CC2)C1. The summed E-state index contributed by atoms with van der Waals surface area (Å²) in [6.45, 7) is 5.68. The minimum Gasteiger partial charge on any atom is -0.496 e. The molecule has 3 rings (SSSR count). The quantitative estimate of drug-likeness (QED) is 0.861. The van der Waals surface area contributed by atoms with Crippen LogP contribution in [0.3, 0.4) is 0 Å². The van der Waals surface area contributed by atoms with E-state index in [-0.39, 0.29) is 5.91 Å². The molecule has 1 atom stereocenters. The van der Waals surface area contributed by atoms with E-state index in [1.807, 2.05) is 36.1 Å². The molecule has 2 aliphatic rings. The Morgan fingerprint density at radius 2 is 2.04 bits per heavy atom. The van der Waals surface area contributed by atoms with Gasteiger partial charge in [0, 0.05) is 25.1 Å². The van der Waals surface area contributed by atoms with Crippen LogP contribution < -0.4 is 4.74 Å². The molecule has 1 unspecified atom stereocenters. The van der Waals surface area contributed by atoms with E-state index in [9.17, 15) is 4.79 Å². The lowest BCUT2D eigenvalue weighted by molar-refractivity contribution is -0.154. The molecule has 0 spiro atoms. The lowest BCUT2D eigenvalue weighted by atomic mass is 9.92. The van der Waals surface area contributed by atoms with E-state index in [0.717, 1.165) is 43.0 Å². The van der Waals surface area contributed by atoms with Crippen molar-refractivity contribution in [2.75, 3.05) is 20.2 Å². The van der Waals surface area contributed by atoms with E-state index in [0.29, 0.717) is 12.3 Å². The largest absolute Gasteiger partial charge is 0.496 e. The summed E-state index contributed by atoms with van der Waals surface area (Å²) in [7, 11) is 1.63. The average molecular weight is 316 g/mol. The van der Waals surface area contributed by atoms with Gasteiger partial charge in [-0.15, -0.1) is 0 Å². The highest BCUT2D eigenvalue weighted by Gasteiger charge is 2.45. The van der Waals surface area contributed by atoms with Gasteiger partial charge in [0.15, 0.2) is 0 Å². The zero-order valence-electron chi connectivity index (χ0n) is 14.0. The third-order valence-electron chi connectivity index (χ3n) is 4.80. The van der Waals surface area contributed by atoms with E-state index >= 15 is 0 Å². The van der Waals surface area contributed by atoms with Crippen LogP contribution in [0.15, 0.2) is 29.4 Å². The van der Waals surface area contributed by atoms with Crippen molar-refractivity contribution in [3.63, 3.8) is 0 Å². The number of nitrogens with zero attached hydrogens (tertiary/aromatic N) is 2. The normalized spacial score (nSPS) is 25.0. The number of benzene rings is 1. The van der Waals surface area contributed by atoms with Crippen LogP contribution in [0.25, 0.3) is 0 Å². The Hall–Kier alpha value is -2.04. The molecule has 2 heterocycles. The average Bonchev–Trinajstić information content (AvgIpc) is 2.98. The minimum absolute atomic E-state index is 0.0399. The van der Waals surface area contributed by atoms with E-state index < -0.39 is 5.60 Å². The van der Waals surface area contributed by atoms with E-state index in [1.165, 1.54) is 0 Å². The number of hydrogen-bond acceptors (Lipinski definition) is 4. The molecule has 0 saturated carbocycles. The molecule has 124 valence electrons. The Morgan fingerprint density at radius 1 is 1.35 bits per heavy atom. The van der Waals surface area contributed by atoms with Crippen molar-refractivity contribution in [2.24, 2.45) is 11.1 Å². The predicted octanol–water partition coefficient (Wildman–Crippen LogP) is 2.84. The van der Waals surface area contributed by atoms with Gasteiger partial charge in [0.05, 0.1) is 12.8 Å². The second kappa shape index (κ2) is 6.22. The lowest BCUT2D eigenvalue weighted by Crippen LogP contribution is -2.50. The molecule has 0 radical (unpaired) electrons. The molecule has 1 aromatic carbocycles. The van der Waals surface area contributed by atoms with Crippen LogP contribution in [0.2, 0.25) is 0 Å². The molecule has 1 aromatic rings. The zero-order valence-corrected chi connectivity index (χ0v) is 14.0. The van der Waals surface area contributed by atoms with Crippen LogP contribution >= 0.6 is 0 Å². The fourth-order valence-corrected chi connectivity index (χ4v) is 3.23. The summed E-state index contributed by atoms with van der Waals surface area (Å²) < 4.78 is 5.38. The molecule has 1 saturated heterocycles. The molecule has 1 amide bonds. The number of carbonyl (C=O) groups excluding carboxylic acids is 1. The van der Waals surface area contributed by atoms with E-state index in [1.54, 1.807) is 7.11 Å². The van der Waals surface area contributed by atoms with Crippen molar-refractivity contribution in [1.82, 2.24) is 4.90 Å². The van der Waals surface area contributed by atoms with Crippen LogP contribution in [0, 0.1) is 5.92 Å². The number of carbonyl (C=O) groups is 1. The van der Waals surface area contributed by atoms with Gasteiger partial charge in [-0.2, -0.15) is 0 Å². The number of piperidine rings is 1. The number of rotatable bonds is 3. The first-order valence-electron chi connectivity index (χ1n) is 8.21. The number of oxime groups is 1. The first kappa shape index (κ1) is 15.8. The Morgan fingerprint density at radius 3 is 2.74 bits per heavy atom. The summed E-state index contributed by atoms with van der Waals surface area (Å²) in [6.07, 6.45) is 2.59. The lowest BCUT2D eigenvalue weighted by Gasteiger charge is -2.34. The van der Waals surface area contributed by atoms with Gasteiger partial charge in [-0.05, 0) is 37.8 Å². The summed E-state index contributed by atoms with van der Waals surface area (Å²) in [5.41, 5.74) is 0.749. The number of methoxy groups -OCH3 is 1. The molecular formula is C18H24N2O3. The molecule has 5 heteroatoms. The second-order valence-electron chi connectivity index (χ2n) is 6.71. The van der Waals surface area contributed by atoms with Gasteiger partial charge in [-0.25, -0.2) is 0 Å². The fraction of sp³-hybridized carbons (Fsp3) is 0.556. The van der Waals surface area contributed by atoms with Gasteiger partial charge >= 0.3 is 0 Å². The number of likely N-dealkylation sites (tertiary alicyclic amines) is 1. The molecule has 0 N–H and O–H groups in total. The predicted molar refractivity (Wildman–Crippen MR) is 88.6 cm³/mol. The standard InChI is InChI=1S/C18H24N2O3/c1-13-8-10-20(11-9-13)17(21)18(2)12-15(19-23-18)14-6-4-5-7-16(14)22-3/h4-7,13H,8-12H2,1-3H3. The van der Waals surface area contributed by atoms with Crippen molar-refractivity contribution in [1.29, 1.82) is 0 Å². The second-order valence-corrected chi connectivity index (χ2v) is 6.71. The van der Waals surface area contributed by atoms with Crippen molar-refractivity contribution in [3.05, 3.63) is 29.8 Å². The molecule has 0 bridgehead atoms. The highest BCUT2D eigenvalue weighted by atomic mass is 16.7. The Balaban J connectivity index is 1.73. The molecule has 2 aliphatic heterocycles. The van der Waals surface area contributed by atoms with Crippen LogP contribution in [-0.4, -0.2) is 42.3 Å². The van der Waals surface area contributed by atoms with Crippen LogP contribution in [0.5, 0.6) is 5.75 Å². The Bertz CT molecular complexity index is 620. The Labute approximate surface area is 137 Å². The fourth-order valence-electron chi connectivity index (χ4n) is 3.23. The molecule has 1 fully saturated rings. The van der Waals surface area contributed by atoms with Crippen molar-refractivity contribution < 1.29 is 14.4 Å². The maximum Gasteiger partial charge on any atom is 0.269 e. The summed E-state index contributed by atoms with van der Waals surface area (Å²) in [4.78, 5) is 20.4. The minimum atomic E-state index is -0.906. The van der Waals surface area contributed by atoms with Crippen LogP contribution in [0.4, 0.5) is 0 Å². The van der Waals surface area contributed by atoms with Crippen LogP contribution in [-0.2, 0) is 9.63 Å². The summed E-state index contributed by atoms with van der Waals surface area (Å²) in [5.74, 6) is 1.48. The first-order valence-corrected chi connectivity index (χ1v) is 8.21. The number of hydrogen-bond donors (Lipinski definition) is 0. The van der Waals surface area contributed by atoms with Crippen molar-refractivity contribution in [3.8, 4) is 5.75 Å². The van der Waals surface area contributed by atoms with Gasteiger partial charge in [0.2, 0.25) is 5.60 Å². The van der Waals surface area contributed by atoms with Gasteiger partial charge in [0.25, 0.3) is 5.91 Å². The van der Waals surface area contributed by atoms with Gasteiger partial charge in [-0.1, -0.05) is 24.2 Å². The van der Waals surface area contributed by atoms with Gasteiger partial charge < -0.3 is 14.5 Å². The summed E-state index contributed by atoms with van der Waals surface area (Å²) in [6, 6.07) is 7.68. The molecule has 23 heavy (non-hydrogen) atoms.